The maximum atomic E-state index is 13.7. The molecule has 4 rings (SSSR count). The largest absolute Gasteiger partial charge is 0.461 e. The van der Waals surface area contributed by atoms with Crippen molar-refractivity contribution in [3.8, 4) is 0 Å². The van der Waals surface area contributed by atoms with Crippen LogP contribution >= 0.6 is 0 Å². The standard InChI is InChI=1S/C36H42N4O6/c1-37-34(43)30(18-24-12-6-3-7-13-24)39-32(41)27-20-28(22-29(21-27)36(45)46-23-26-16-10-5-11-17-26)33(42)40-31(35(44)38-2)19-25-14-8-4-9-15-25/h3-17,27-31H,18-23H2,1-2H3,(H,37,43)(H,38,44)(H,39,41)(H,40,42)/t27-,28+,29?,30-,31-/m0/s1. The number of nitrogens with one attached hydrogen (secondary N) is 4. The number of rotatable bonds is 13. The molecule has 10 heteroatoms. The van der Waals surface area contributed by atoms with E-state index >= 15 is 0 Å². The van der Waals surface area contributed by atoms with Crippen LogP contribution in [0.4, 0.5) is 0 Å². The molecule has 1 saturated carbocycles. The van der Waals surface area contributed by atoms with Crippen molar-refractivity contribution in [1.82, 2.24) is 21.3 Å². The van der Waals surface area contributed by atoms with Crippen LogP contribution in [0.1, 0.15) is 36.0 Å². The molecular formula is C36H42N4O6. The lowest BCUT2D eigenvalue weighted by Crippen LogP contribution is -2.52. The van der Waals surface area contributed by atoms with Gasteiger partial charge in [0.2, 0.25) is 23.6 Å². The van der Waals surface area contributed by atoms with E-state index in [2.05, 4.69) is 21.3 Å². The second-order valence-electron chi connectivity index (χ2n) is 11.6. The van der Waals surface area contributed by atoms with E-state index in [1.807, 2.05) is 91.0 Å². The molecule has 0 bridgehead atoms. The van der Waals surface area contributed by atoms with Crippen LogP contribution in [0, 0.1) is 17.8 Å². The normalized spacial score (nSPS) is 18.7. The van der Waals surface area contributed by atoms with E-state index in [1.165, 1.54) is 14.1 Å². The van der Waals surface area contributed by atoms with Gasteiger partial charge in [0, 0.05) is 38.8 Å². The van der Waals surface area contributed by atoms with E-state index in [-0.39, 0.29) is 50.5 Å². The maximum absolute atomic E-state index is 13.7. The molecule has 0 radical (unpaired) electrons. The topological polar surface area (TPSA) is 143 Å². The molecule has 3 aromatic carbocycles. The predicted octanol–water partition coefficient (Wildman–Crippen LogP) is 2.71. The fraction of sp³-hybridized carbons (Fsp3) is 0.361. The quantitative estimate of drug-likeness (QED) is 0.215. The molecule has 0 saturated heterocycles. The minimum Gasteiger partial charge on any atom is -0.461 e. The summed E-state index contributed by atoms with van der Waals surface area (Å²) in [6, 6.07) is 26.2. The molecule has 242 valence electrons. The van der Waals surface area contributed by atoms with E-state index in [4.69, 9.17) is 4.74 Å². The van der Waals surface area contributed by atoms with Crippen molar-refractivity contribution in [3.05, 3.63) is 108 Å². The lowest BCUT2D eigenvalue weighted by molar-refractivity contribution is -0.154. The summed E-state index contributed by atoms with van der Waals surface area (Å²) in [7, 11) is 3.01. The molecule has 0 aliphatic heterocycles. The van der Waals surface area contributed by atoms with Gasteiger partial charge in [0.1, 0.15) is 18.7 Å². The summed E-state index contributed by atoms with van der Waals surface area (Å²) in [4.78, 5) is 66.3. The van der Waals surface area contributed by atoms with Gasteiger partial charge < -0.3 is 26.0 Å². The van der Waals surface area contributed by atoms with Crippen molar-refractivity contribution < 1.29 is 28.7 Å². The Morgan fingerprint density at radius 2 is 0.957 bits per heavy atom. The zero-order chi connectivity index (χ0) is 32.9. The molecule has 1 unspecified atom stereocenters. The smallest absolute Gasteiger partial charge is 0.309 e. The number of amides is 4. The molecule has 0 heterocycles. The summed E-state index contributed by atoms with van der Waals surface area (Å²) in [6.45, 7) is 0.0650. The van der Waals surface area contributed by atoms with Crippen molar-refractivity contribution >= 4 is 29.6 Å². The zero-order valence-corrected chi connectivity index (χ0v) is 26.2. The third kappa shape index (κ3) is 9.76. The van der Waals surface area contributed by atoms with Crippen LogP contribution in [0.3, 0.4) is 0 Å². The third-order valence-corrected chi connectivity index (χ3v) is 8.33. The Morgan fingerprint density at radius 1 is 0.587 bits per heavy atom. The van der Waals surface area contributed by atoms with E-state index in [0.29, 0.717) is 0 Å². The van der Waals surface area contributed by atoms with Gasteiger partial charge in [-0.15, -0.1) is 0 Å². The number of carbonyl (C=O) groups excluding carboxylic acids is 5. The monoisotopic (exact) mass is 626 g/mol. The van der Waals surface area contributed by atoms with Gasteiger partial charge in [-0.2, -0.15) is 0 Å². The number of hydrogen-bond donors (Lipinski definition) is 4. The van der Waals surface area contributed by atoms with Gasteiger partial charge in [0.15, 0.2) is 0 Å². The van der Waals surface area contributed by atoms with Crippen molar-refractivity contribution in [2.75, 3.05) is 14.1 Å². The molecule has 10 nitrogen and oxygen atoms in total. The summed E-state index contributed by atoms with van der Waals surface area (Å²) in [5.41, 5.74) is 2.57. The first-order valence-corrected chi connectivity index (χ1v) is 15.6. The Labute approximate surface area is 269 Å². The molecule has 0 aromatic heterocycles. The number of ether oxygens (including phenoxy) is 1. The number of hydrogen-bond acceptors (Lipinski definition) is 6. The minimum atomic E-state index is -0.846. The first kappa shape index (κ1) is 33.9. The summed E-state index contributed by atoms with van der Waals surface area (Å²) < 4.78 is 5.62. The maximum Gasteiger partial charge on any atom is 0.309 e. The van der Waals surface area contributed by atoms with E-state index in [9.17, 15) is 24.0 Å². The summed E-state index contributed by atoms with van der Waals surface area (Å²) >= 11 is 0. The molecule has 5 atom stereocenters. The van der Waals surface area contributed by atoms with Crippen molar-refractivity contribution in [1.29, 1.82) is 0 Å². The Hall–Kier alpha value is -4.99. The highest BCUT2D eigenvalue weighted by molar-refractivity contribution is 5.91. The Morgan fingerprint density at radius 3 is 1.35 bits per heavy atom. The van der Waals surface area contributed by atoms with Crippen molar-refractivity contribution in [3.63, 3.8) is 0 Å². The fourth-order valence-electron chi connectivity index (χ4n) is 5.83. The minimum absolute atomic E-state index is 0.0650. The van der Waals surface area contributed by atoms with Gasteiger partial charge in [-0.3, -0.25) is 24.0 Å². The van der Waals surface area contributed by atoms with Crippen LogP contribution in [0.25, 0.3) is 0 Å². The number of esters is 1. The Balaban J connectivity index is 1.52. The molecule has 1 aliphatic carbocycles. The van der Waals surface area contributed by atoms with Crippen LogP contribution in [0.2, 0.25) is 0 Å². The SMILES string of the molecule is CNC(=O)[C@H](Cc1ccccc1)NC(=O)[C@@H]1CC(C(=O)OCc2ccccc2)C[C@H](C(=O)N[C@@H](Cc2ccccc2)C(=O)NC)C1. The van der Waals surface area contributed by atoms with Crippen LogP contribution in [0.15, 0.2) is 91.0 Å². The van der Waals surface area contributed by atoms with Gasteiger partial charge in [-0.25, -0.2) is 0 Å². The van der Waals surface area contributed by atoms with Crippen LogP contribution in [-0.4, -0.2) is 55.8 Å². The van der Waals surface area contributed by atoms with E-state index in [0.717, 1.165) is 16.7 Å². The molecule has 0 spiro atoms. The van der Waals surface area contributed by atoms with Gasteiger partial charge >= 0.3 is 5.97 Å². The average Bonchev–Trinajstić information content (AvgIpc) is 3.10. The first-order valence-electron chi connectivity index (χ1n) is 15.6. The molecular weight excluding hydrogens is 584 g/mol. The highest BCUT2D eigenvalue weighted by atomic mass is 16.5. The molecule has 1 fully saturated rings. The Bertz CT molecular complexity index is 1380. The summed E-state index contributed by atoms with van der Waals surface area (Å²) in [5, 5.41) is 10.9. The first-order chi connectivity index (χ1) is 22.3. The van der Waals surface area contributed by atoms with Gasteiger partial charge in [0.25, 0.3) is 0 Å². The zero-order valence-electron chi connectivity index (χ0n) is 26.2. The lowest BCUT2D eigenvalue weighted by Gasteiger charge is -2.34. The van der Waals surface area contributed by atoms with Gasteiger partial charge in [0.05, 0.1) is 5.92 Å². The molecule has 4 amide bonds. The van der Waals surface area contributed by atoms with Crippen molar-refractivity contribution in [2.24, 2.45) is 17.8 Å². The van der Waals surface area contributed by atoms with Gasteiger partial charge in [-0.1, -0.05) is 91.0 Å². The second kappa shape index (κ2) is 16.9. The predicted molar refractivity (Wildman–Crippen MR) is 173 cm³/mol. The summed E-state index contributed by atoms with van der Waals surface area (Å²) in [5.74, 6) is -4.26. The molecule has 3 aromatic rings. The van der Waals surface area contributed by atoms with E-state index in [1.54, 1.807) is 0 Å². The van der Waals surface area contributed by atoms with Crippen molar-refractivity contribution in [2.45, 2.75) is 50.8 Å². The molecule has 4 N–H and O–H groups in total. The summed E-state index contributed by atoms with van der Waals surface area (Å²) in [6.07, 6.45) is 1.03. The van der Waals surface area contributed by atoms with Gasteiger partial charge in [-0.05, 0) is 36.0 Å². The second-order valence-corrected chi connectivity index (χ2v) is 11.6. The highest BCUT2D eigenvalue weighted by Gasteiger charge is 2.41. The molecule has 46 heavy (non-hydrogen) atoms. The molecule has 1 aliphatic rings. The fourth-order valence-corrected chi connectivity index (χ4v) is 5.83. The van der Waals surface area contributed by atoms with Crippen LogP contribution < -0.4 is 21.3 Å². The third-order valence-electron chi connectivity index (χ3n) is 8.33. The highest BCUT2D eigenvalue weighted by Crippen LogP contribution is 2.35. The number of likely N-dealkylation sites (N-methyl/N-ethyl adjacent to an activating group) is 2. The number of carbonyl (C=O) groups is 5. The lowest BCUT2D eigenvalue weighted by atomic mass is 9.74. The average molecular weight is 627 g/mol. The Kier molecular flexibility index (Phi) is 12.5. The van der Waals surface area contributed by atoms with E-state index < -0.39 is 47.6 Å². The van der Waals surface area contributed by atoms with Crippen LogP contribution in [-0.2, 0) is 48.2 Å². The van der Waals surface area contributed by atoms with Crippen LogP contribution in [0.5, 0.6) is 0 Å². The number of benzene rings is 3.